The second-order valence-corrected chi connectivity index (χ2v) is 6.71. The summed E-state index contributed by atoms with van der Waals surface area (Å²) in [5.41, 5.74) is 1.57. The fourth-order valence-electron chi connectivity index (χ4n) is 3.63. The normalized spacial score (nSPS) is 17.3. The van der Waals surface area contributed by atoms with Crippen LogP contribution in [0.2, 0.25) is 0 Å². The molecule has 136 valence electrons. The Kier molecular flexibility index (Phi) is 6.18. The first kappa shape index (κ1) is 18.3. The number of hydrogen-bond donors (Lipinski definition) is 0. The van der Waals surface area contributed by atoms with Gasteiger partial charge in [0, 0.05) is 12.5 Å². The number of hydrogen-bond acceptors (Lipinski definition) is 4. The maximum Gasteiger partial charge on any atom is 0.303 e. The first-order valence-electron chi connectivity index (χ1n) is 9.22. The lowest BCUT2D eigenvalue weighted by Gasteiger charge is -2.38. The molecule has 3 rings (SSSR count). The average Bonchev–Trinajstić information content (AvgIpc) is 2.69. The lowest BCUT2D eigenvalue weighted by Crippen LogP contribution is -2.45. The summed E-state index contributed by atoms with van der Waals surface area (Å²) < 4.78 is 5.61. The number of ether oxygens (including phenoxy) is 1. The average molecular weight is 351 g/mol. The van der Waals surface area contributed by atoms with E-state index in [4.69, 9.17) is 4.74 Å². The Hall–Kier alpha value is -2.46. The maximum absolute atomic E-state index is 13.2. The van der Waals surface area contributed by atoms with Crippen molar-refractivity contribution in [2.45, 2.75) is 38.3 Å². The zero-order chi connectivity index (χ0) is 18.4. The lowest BCUT2D eigenvalue weighted by atomic mass is 9.92. The summed E-state index contributed by atoms with van der Waals surface area (Å²) in [7, 11) is 0. The number of ketones is 1. The number of benzene rings is 2. The van der Waals surface area contributed by atoms with Crippen LogP contribution in [0, 0.1) is 0 Å². The summed E-state index contributed by atoms with van der Waals surface area (Å²) in [6.45, 7) is 3.17. The number of carbonyl (C=O) groups is 2. The molecular formula is C22H25NO3. The van der Waals surface area contributed by atoms with Crippen molar-refractivity contribution in [3.63, 3.8) is 0 Å². The molecule has 0 bridgehead atoms. The van der Waals surface area contributed by atoms with Gasteiger partial charge in [0.15, 0.2) is 6.10 Å². The van der Waals surface area contributed by atoms with Crippen molar-refractivity contribution in [2.75, 3.05) is 13.1 Å². The van der Waals surface area contributed by atoms with Crippen LogP contribution in [0.5, 0.6) is 0 Å². The van der Waals surface area contributed by atoms with Gasteiger partial charge in [-0.15, -0.1) is 0 Å². The molecule has 0 radical (unpaired) electrons. The van der Waals surface area contributed by atoms with Crippen molar-refractivity contribution in [1.82, 2.24) is 4.90 Å². The summed E-state index contributed by atoms with van der Waals surface area (Å²) in [6.07, 6.45) is 2.53. The van der Waals surface area contributed by atoms with Crippen molar-refractivity contribution in [3.05, 3.63) is 71.8 Å². The van der Waals surface area contributed by atoms with E-state index in [1.807, 2.05) is 48.5 Å². The smallest absolute Gasteiger partial charge is 0.303 e. The van der Waals surface area contributed by atoms with Crippen LogP contribution in [0.15, 0.2) is 60.7 Å². The molecular weight excluding hydrogens is 326 g/mol. The lowest BCUT2D eigenvalue weighted by molar-refractivity contribution is -0.147. The molecule has 4 heteroatoms. The number of rotatable bonds is 6. The molecule has 0 aliphatic carbocycles. The van der Waals surface area contributed by atoms with Gasteiger partial charge in [-0.05, 0) is 31.5 Å². The molecule has 0 spiro atoms. The minimum atomic E-state index is -0.851. The second-order valence-electron chi connectivity index (χ2n) is 6.71. The fraction of sp³-hybridized carbons (Fsp3) is 0.364. The number of piperidine rings is 1. The van der Waals surface area contributed by atoms with Gasteiger partial charge in [-0.2, -0.15) is 0 Å². The molecule has 1 heterocycles. The summed E-state index contributed by atoms with van der Waals surface area (Å²) in [4.78, 5) is 27.3. The van der Waals surface area contributed by atoms with E-state index in [0.717, 1.165) is 31.5 Å². The van der Waals surface area contributed by atoms with E-state index in [2.05, 4.69) is 4.90 Å². The van der Waals surface area contributed by atoms with Gasteiger partial charge in [0.05, 0.1) is 6.04 Å². The molecule has 1 fully saturated rings. The zero-order valence-corrected chi connectivity index (χ0v) is 15.1. The van der Waals surface area contributed by atoms with Crippen LogP contribution >= 0.6 is 0 Å². The van der Waals surface area contributed by atoms with E-state index in [9.17, 15) is 9.59 Å². The Bertz CT molecular complexity index is 724. The van der Waals surface area contributed by atoms with Crippen molar-refractivity contribution in [1.29, 1.82) is 0 Å². The first-order chi connectivity index (χ1) is 12.7. The molecule has 2 atom stereocenters. The van der Waals surface area contributed by atoms with Crippen LogP contribution in [0.25, 0.3) is 0 Å². The van der Waals surface area contributed by atoms with E-state index in [-0.39, 0.29) is 11.8 Å². The van der Waals surface area contributed by atoms with Crippen LogP contribution in [-0.4, -0.2) is 35.8 Å². The molecule has 0 N–H and O–H groups in total. The van der Waals surface area contributed by atoms with E-state index in [1.165, 1.54) is 13.3 Å². The fourth-order valence-corrected chi connectivity index (χ4v) is 3.63. The third-order valence-electron chi connectivity index (χ3n) is 4.82. The molecule has 26 heavy (non-hydrogen) atoms. The minimum Gasteiger partial charge on any atom is -0.452 e. The molecule has 0 amide bonds. The minimum absolute atomic E-state index is 0.153. The molecule has 1 aliphatic rings. The topological polar surface area (TPSA) is 46.6 Å². The molecule has 2 aromatic rings. The van der Waals surface area contributed by atoms with Crippen molar-refractivity contribution < 1.29 is 14.3 Å². The first-order valence-corrected chi connectivity index (χ1v) is 9.22. The zero-order valence-electron chi connectivity index (χ0n) is 15.1. The Labute approximate surface area is 154 Å². The van der Waals surface area contributed by atoms with Gasteiger partial charge in [-0.3, -0.25) is 14.5 Å². The predicted molar refractivity (Wildman–Crippen MR) is 101 cm³/mol. The van der Waals surface area contributed by atoms with Gasteiger partial charge >= 0.3 is 5.97 Å². The highest BCUT2D eigenvalue weighted by Crippen LogP contribution is 2.31. The third-order valence-corrected chi connectivity index (χ3v) is 4.82. The van der Waals surface area contributed by atoms with Gasteiger partial charge in [-0.1, -0.05) is 67.1 Å². The molecule has 2 aromatic carbocycles. The molecule has 0 saturated carbocycles. The maximum atomic E-state index is 13.2. The molecule has 1 aliphatic heterocycles. The van der Waals surface area contributed by atoms with Gasteiger partial charge in [0.1, 0.15) is 0 Å². The van der Waals surface area contributed by atoms with Crippen molar-refractivity contribution >= 4 is 11.8 Å². The van der Waals surface area contributed by atoms with Crippen molar-refractivity contribution in [2.24, 2.45) is 0 Å². The molecule has 0 unspecified atom stereocenters. The van der Waals surface area contributed by atoms with Gasteiger partial charge in [0.2, 0.25) is 5.78 Å². The van der Waals surface area contributed by atoms with Crippen LogP contribution in [-0.2, 0) is 9.53 Å². The molecule has 1 saturated heterocycles. The van der Waals surface area contributed by atoms with E-state index in [1.54, 1.807) is 12.1 Å². The van der Waals surface area contributed by atoms with Crippen LogP contribution in [0.4, 0.5) is 0 Å². The molecule has 4 nitrogen and oxygen atoms in total. The van der Waals surface area contributed by atoms with E-state index >= 15 is 0 Å². The van der Waals surface area contributed by atoms with Crippen LogP contribution in [0.1, 0.15) is 48.1 Å². The third kappa shape index (κ3) is 4.38. The highest BCUT2D eigenvalue weighted by molar-refractivity contribution is 6.01. The van der Waals surface area contributed by atoms with Gasteiger partial charge in [0.25, 0.3) is 0 Å². The quantitative estimate of drug-likeness (QED) is 0.582. The summed E-state index contributed by atoms with van der Waals surface area (Å²) in [5, 5.41) is 0. The van der Waals surface area contributed by atoms with Crippen LogP contribution in [0.3, 0.4) is 0 Å². The predicted octanol–water partition coefficient (Wildman–Crippen LogP) is 4.03. The van der Waals surface area contributed by atoms with Gasteiger partial charge in [-0.25, -0.2) is 0 Å². The monoisotopic (exact) mass is 351 g/mol. The number of carbonyl (C=O) groups excluding carboxylic acids is 2. The summed E-state index contributed by atoms with van der Waals surface area (Å²) in [6, 6.07) is 18.7. The van der Waals surface area contributed by atoms with E-state index in [0.29, 0.717) is 5.56 Å². The van der Waals surface area contributed by atoms with E-state index < -0.39 is 12.1 Å². The standard InChI is InChI=1S/C22H25NO3/c1-17(24)26-22(21(25)19-13-7-3-8-14-19)20(18-11-5-2-6-12-18)23-15-9-4-10-16-23/h2-3,5-8,11-14,20,22H,4,9-10,15-16H2,1H3/t20-,22-/m1/s1. The highest BCUT2D eigenvalue weighted by Gasteiger charge is 2.37. The Balaban J connectivity index is 2.00. The molecule has 0 aromatic heterocycles. The number of esters is 1. The highest BCUT2D eigenvalue weighted by atomic mass is 16.5. The number of nitrogens with zero attached hydrogens (tertiary/aromatic N) is 1. The Morgan fingerprint density at radius 1 is 0.885 bits per heavy atom. The summed E-state index contributed by atoms with van der Waals surface area (Å²) in [5.74, 6) is -0.586. The van der Waals surface area contributed by atoms with Crippen LogP contribution < -0.4 is 0 Å². The Morgan fingerprint density at radius 2 is 1.46 bits per heavy atom. The largest absolute Gasteiger partial charge is 0.452 e. The summed E-state index contributed by atoms with van der Waals surface area (Å²) >= 11 is 0. The second kappa shape index (κ2) is 8.77. The number of likely N-dealkylation sites (tertiary alicyclic amines) is 1. The van der Waals surface area contributed by atoms with Gasteiger partial charge < -0.3 is 4.74 Å². The SMILES string of the molecule is CC(=O)O[C@@H](C(=O)c1ccccc1)[C@@H](c1ccccc1)N1CCCCC1. The number of Topliss-reactive ketones (excluding diaryl/α,β-unsaturated/α-hetero) is 1. The van der Waals surface area contributed by atoms with Crippen molar-refractivity contribution in [3.8, 4) is 0 Å². The Morgan fingerprint density at radius 3 is 2.04 bits per heavy atom.